The van der Waals surface area contributed by atoms with Gasteiger partial charge in [0.15, 0.2) is 6.04 Å². The Morgan fingerprint density at radius 2 is 1.62 bits per heavy atom. The van der Waals surface area contributed by atoms with Crippen LogP contribution in [0.2, 0.25) is 0 Å². The van der Waals surface area contributed by atoms with Crippen molar-refractivity contribution < 1.29 is 46.1 Å². The van der Waals surface area contributed by atoms with Gasteiger partial charge in [0.25, 0.3) is 0 Å². The van der Waals surface area contributed by atoms with Crippen molar-refractivity contribution in [3.63, 3.8) is 0 Å². The van der Waals surface area contributed by atoms with Gasteiger partial charge < -0.3 is 10.2 Å². The van der Waals surface area contributed by atoms with Crippen molar-refractivity contribution in [1.29, 1.82) is 0 Å². The number of rotatable bonds is 5. The molecule has 0 spiro atoms. The molecule has 5 nitrogen and oxygen atoms in total. The molecule has 12 heteroatoms. The van der Waals surface area contributed by atoms with Crippen LogP contribution in [0.25, 0.3) is 0 Å². The van der Waals surface area contributed by atoms with Crippen LogP contribution in [0, 0.1) is 10.8 Å². The Hall–Kier alpha value is -1.46. The van der Waals surface area contributed by atoms with Gasteiger partial charge in [-0.1, -0.05) is 13.8 Å². The van der Waals surface area contributed by atoms with Gasteiger partial charge in [0.1, 0.15) is 16.5 Å². The van der Waals surface area contributed by atoms with E-state index in [1.807, 2.05) is 0 Å². The summed E-state index contributed by atoms with van der Waals surface area (Å²) < 4.78 is 80.8. The standard InChI is InChI=1S/C14H17F6NO4S/c1-4-12(10(24)25)7(14(18,19)20)21-6(13(15,16)17)11(3,9(22)23)8(12)26-5-2/h7-8H,4-5H2,1-3H3,(H,22,23)(H,24,25). The highest BCUT2D eigenvalue weighted by atomic mass is 32.2. The SMILES string of the molecule is CCSC1C(C)(C(=O)O)C(C(F)(F)F)=NC(C(F)(F)F)C1(CC)C(=O)O. The van der Waals surface area contributed by atoms with Gasteiger partial charge >= 0.3 is 24.3 Å². The van der Waals surface area contributed by atoms with Crippen LogP contribution in [-0.2, 0) is 9.59 Å². The molecule has 0 amide bonds. The van der Waals surface area contributed by atoms with Crippen molar-refractivity contribution in [1.82, 2.24) is 0 Å². The van der Waals surface area contributed by atoms with Crippen LogP contribution >= 0.6 is 11.8 Å². The summed E-state index contributed by atoms with van der Waals surface area (Å²) in [6.45, 7) is 3.03. The first kappa shape index (κ1) is 22.6. The van der Waals surface area contributed by atoms with E-state index in [2.05, 4.69) is 4.99 Å². The first-order chi connectivity index (χ1) is 11.6. The maximum absolute atomic E-state index is 13.5. The molecule has 2 N–H and O–H groups in total. The largest absolute Gasteiger partial charge is 0.481 e. The summed E-state index contributed by atoms with van der Waals surface area (Å²) in [4.78, 5) is 26.3. The van der Waals surface area contributed by atoms with Crippen molar-refractivity contribution in [2.24, 2.45) is 15.8 Å². The number of aliphatic carboxylic acids is 2. The third kappa shape index (κ3) is 3.27. The minimum atomic E-state index is -5.47. The highest BCUT2D eigenvalue weighted by Crippen LogP contribution is 2.57. The minimum Gasteiger partial charge on any atom is -0.481 e. The van der Waals surface area contributed by atoms with E-state index in [0.717, 1.165) is 6.92 Å². The molecule has 0 radical (unpaired) electrons. The molecule has 150 valence electrons. The predicted molar refractivity (Wildman–Crippen MR) is 81.4 cm³/mol. The lowest BCUT2D eigenvalue weighted by atomic mass is 9.61. The van der Waals surface area contributed by atoms with Crippen molar-refractivity contribution in [3.05, 3.63) is 0 Å². The Balaban J connectivity index is 4.04. The molecule has 4 unspecified atom stereocenters. The van der Waals surface area contributed by atoms with E-state index in [1.165, 1.54) is 6.92 Å². The highest BCUT2D eigenvalue weighted by Gasteiger charge is 2.72. The molecule has 1 heterocycles. The second-order valence-electron chi connectivity index (χ2n) is 5.96. The maximum atomic E-state index is 13.5. The number of hydrogen-bond acceptors (Lipinski definition) is 4. The van der Waals surface area contributed by atoms with E-state index >= 15 is 0 Å². The monoisotopic (exact) mass is 409 g/mol. The van der Waals surface area contributed by atoms with Crippen LogP contribution in [0.15, 0.2) is 4.99 Å². The molecule has 0 aromatic rings. The van der Waals surface area contributed by atoms with E-state index in [9.17, 15) is 46.1 Å². The molecule has 0 aliphatic carbocycles. The summed E-state index contributed by atoms with van der Waals surface area (Å²) in [5.74, 6) is -4.21. The molecule has 0 fully saturated rings. The molecular weight excluding hydrogens is 392 g/mol. The molecule has 4 atom stereocenters. The molecular formula is C14H17F6NO4S. The summed E-state index contributed by atoms with van der Waals surface area (Å²) in [5.41, 5.74) is -7.95. The molecule has 0 aromatic carbocycles. The summed E-state index contributed by atoms with van der Waals surface area (Å²) >= 11 is 0.445. The molecule has 0 saturated heterocycles. The van der Waals surface area contributed by atoms with Gasteiger partial charge in [-0.05, 0) is 19.1 Å². The Labute approximate surface area is 148 Å². The summed E-state index contributed by atoms with van der Waals surface area (Å²) in [6.07, 6.45) is -11.6. The van der Waals surface area contributed by atoms with E-state index < -0.39 is 58.5 Å². The lowest BCUT2D eigenvalue weighted by Crippen LogP contribution is -2.68. The van der Waals surface area contributed by atoms with E-state index in [0.29, 0.717) is 18.7 Å². The van der Waals surface area contributed by atoms with Crippen molar-refractivity contribution >= 4 is 29.4 Å². The number of nitrogens with zero attached hydrogens (tertiary/aromatic N) is 1. The second kappa shape index (κ2) is 6.93. The second-order valence-corrected chi connectivity index (χ2v) is 7.34. The average molecular weight is 409 g/mol. The summed E-state index contributed by atoms with van der Waals surface area (Å²) in [6, 6.07) is -3.22. The fourth-order valence-corrected chi connectivity index (χ4v) is 4.92. The number of carboxylic acid groups (broad SMARTS) is 2. The lowest BCUT2D eigenvalue weighted by Gasteiger charge is -2.51. The van der Waals surface area contributed by atoms with Gasteiger partial charge in [0.05, 0.1) is 0 Å². The van der Waals surface area contributed by atoms with Crippen LogP contribution in [0.3, 0.4) is 0 Å². The number of aliphatic imine (C=N–C) groups is 1. The Kier molecular flexibility index (Phi) is 6.02. The quantitative estimate of drug-likeness (QED) is 0.678. The first-order valence-corrected chi connectivity index (χ1v) is 8.47. The molecule has 1 rings (SSSR count). The van der Waals surface area contributed by atoms with Crippen LogP contribution in [-0.4, -0.2) is 57.3 Å². The van der Waals surface area contributed by atoms with Crippen LogP contribution in [0.4, 0.5) is 26.3 Å². The average Bonchev–Trinajstić information content (AvgIpc) is 2.46. The van der Waals surface area contributed by atoms with Crippen molar-refractivity contribution in [2.45, 2.75) is 50.8 Å². The van der Waals surface area contributed by atoms with Gasteiger partial charge in [-0.3, -0.25) is 14.6 Å². The van der Waals surface area contributed by atoms with Crippen molar-refractivity contribution in [3.8, 4) is 0 Å². The lowest BCUT2D eigenvalue weighted by molar-refractivity contribution is -0.197. The number of halogens is 6. The third-order valence-corrected chi connectivity index (χ3v) is 6.13. The smallest absolute Gasteiger partial charge is 0.430 e. The topological polar surface area (TPSA) is 87.0 Å². The fraction of sp³-hybridized carbons (Fsp3) is 0.786. The maximum Gasteiger partial charge on any atom is 0.430 e. The Morgan fingerprint density at radius 1 is 1.12 bits per heavy atom. The molecule has 1 aliphatic rings. The normalized spacial score (nSPS) is 32.9. The summed E-state index contributed by atoms with van der Waals surface area (Å²) in [5, 5.41) is 17.0. The van der Waals surface area contributed by atoms with E-state index in [4.69, 9.17) is 0 Å². The molecule has 0 bridgehead atoms. The first-order valence-electron chi connectivity index (χ1n) is 7.42. The zero-order valence-electron chi connectivity index (χ0n) is 13.9. The Morgan fingerprint density at radius 3 is 1.88 bits per heavy atom. The fourth-order valence-electron chi connectivity index (χ4n) is 3.35. The minimum absolute atomic E-state index is 0.0850. The number of carbonyl (C=O) groups is 2. The van der Waals surface area contributed by atoms with Gasteiger partial charge in [0, 0.05) is 5.25 Å². The number of hydrogen-bond donors (Lipinski definition) is 2. The van der Waals surface area contributed by atoms with Gasteiger partial charge in [0.2, 0.25) is 0 Å². The van der Waals surface area contributed by atoms with E-state index in [-0.39, 0.29) is 5.75 Å². The van der Waals surface area contributed by atoms with Crippen LogP contribution < -0.4 is 0 Å². The third-order valence-electron chi connectivity index (χ3n) is 4.57. The predicted octanol–water partition coefficient (Wildman–Crippen LogP) is 3.63. The molecule has 0 saturated carbocycles. The number of thioether (sulfide) groups is 1. The zero-order valence-corrected chi connectivity index (χ0v) is 14.7. The summed E-state index contributed by atoms with van der Waals surface area (Å²) in [7, 11) is 0. The van der Waals surface area contributed by atoms with Gasteiger partial charge in [-0.25, -0.2) is 0 Å². The molecule has 26 heavy (non-hydrogen) atoms. The van der Waals surface area contributed by atoms with E-state index in [1.54, 1.807) is 0 Å². The highest BCUT2D eigenvalue weighted by molar-refractivity contribution is 8.00. The van der Waals surface area contributed by atoms with Crippen LogP contribution in [0.5, 0.6) is 0 Å². The zero-order chi connectivity index (χ0) is 20.7. The Bertz CT molecular complexity index is 620. The van der Waals surface area contributed by atoms with Gasteiger partial charge in [-0.2, -0.15) is 38.1 Å². The van der Waals surface area contributed by atoms with Crippen molar-refractivity contribution in [2.75, 3.05) is 5.75 Å². The number of carboxylic acids is 2. The number of alkyl halides is 6. The molecule has 1 aliphatic heterocycles. The molecule has 0 aromatic heterocycles. The van der Waals surface area contributed by atoms with Gasteiger partial charge in [-0.15, -0.1) is 0 Å². The van der Waals surface area contributed by atoms with Crippen LogP contribution in [0.1, 0.15) is 27.2 Å².